The molecular weight excluding hydrogens is 218 g/mol. The first-order valence-corrected chi connectivity index (χ1v) is 7.58. The second-order valence-electron chi connectivity index (χ2n) is 5.20. The lowest BCUT2D eigenvalue weighted by Crippen LogP contribution is -2.15. The average molecular weight is 247 g/mol. The van der Waals surface area contributed by atoms with Crippen molar-refractivity contribution in [3.63, 3.8) is 0 Å². The van der Waals surface area contributed by atoms with E-state index in [9.17, 15) is 0 Å². The van der Waals surface area contributed by atoms with E-state index in [4.69, 9.17) is 0 Å². The molecule has 0 heterocycles. The fraction of sp³-hybridized carbons (Fsp3) is 0.647. The van der Waals surface area contributed by atoms with Gasteiger partial charge in [-0.3, -0.25) is 0 Å². The predicted molar refractivity (Wildman–Crippen MR) is 82.5 cm³/mol. The Balaban J connectivity index is 2.22. The Morgan fingerprint density at radius 2 is 1.44 bits per heavy atom. The van der Waals surface area contributed by atoms with E-state index in [1.165, 1.54) is 56.2 Å². The maximum absolute atomic E-state index is 2.29. The molecule has 102 valence electrons. The van der Waals surface area contributed by atoms with Crippen molar-refractivity contribution in [2.24, 2.45) is 0 Å². The van der Waals surface area contributed by atoms with Crippen molar-refractivity contribution in [3.05, 3.63) is 29.8 Å². The number of anilines is 1. The molecule has 1 aromatic rings. The van der Waals surface area contributed by atoms with Gasteiger partial charge >= 0.3 is 0 Å². The Hall–Kier alpha value is -0.980. The molecule has 0 fully saturated rings. The molecule has 1 rings (SSSR count). The van der Waals surface area contributed by atoms with Crippen molar-refractivity contribution in [1.29, 1.82) is 0 Å². The van der Waals surface area contributed by atoms with Crippen molar-refractivity contribution < 1.29 is 0 Å². The van der Waals surface area contributed by atoms with Crippen LogP contribution in [0.3, 0.4) is 0 Å². The van der Waals surface area contributed by atoms with Crippen LogP contribution in [0, 0.1) is 0 Å². The first-order chi connectivity index (χ1) is 8.77. The summed E-state index contributed by atoms with van der Waals surface area (Å²) >= 11 is 0. The van der Waals surface area contributed by atoms with Crippen LogP contribution in [-0.4, -0.2) is 13.6 Å². The second-order valence-corrected chi connectivity index (χ2v) is 5.20. The van der Waals surface area contributed by atoms with Crippen molar-refractivity contribution in [3.8, 4) is 0 Å². The van der Waals surface area contributed by atoms with Gasteiger partial charge < -0.3 is 4.90 Å². The van der Waals surface area contributed by atoms with Crippen LogP contribution < -0.4 is 4.90 Å². The van der Waals surface area contributed by atoms with Gasteiger partial charge in [-0.25, -0.2) is 0 Å². The lowest BCUT2D eigenvalue weighted by molar-refractivity contribution is 0.607. The number of nitrogens with zero attached hydrogens (tertiary/aromatic N) is 1. The molecule has 0 aromatic heterocycles. The van der Waals surface area contributed by atoms with E-state index in [-0.39, 0.29) is 0 Å². The van der Waals surface area contributed by atoms with Crippen LogP contribution in [0.15, 0.2) is 24.3 Å². The number of hydrogen-bond donors (Lipinski definition) is 0. The summed E-state index contributed by atoms with van der Waals surface area (Å²) in [7, 11) is 2.14. The largest absolute Gasteiger partial charge is 0.375 e. The van der Waals surface area contributed by atoms with Gasteiger partial charge in [0.25, 0.3) is 0 Å². The minimum atomic E-state index is 1.07. The zero-order valence-corrected chi connectivity index (χ0v) is 12.4. The lowest BCUT2D eigenvalue weighted by Gasteiger charge is -2.16. The minimum absolute atomic E-state index is 1.07. The maximum atomic E-state index is 2.29. The highest BCUT2D eigenvalue weighted by Crippen LogP contribution is 2.15. The number of aryl methyl sites for hydroxylation is 1. The quantitative estimate of drug-likeness (QED) is 0.552. The van der Waals surface area contributed by atoms with Crippen molar-refractivity contribution in [2.75, 3.05) is 18.5 Å². The molecule has 1 aromatic carbocycles. The molecule has 0 atom stereocenters. The van der Waals surface area contributed by atoms with Gasteiger partial charge in [0.2, 0.25) is 0 Å². The molecule has 0 radical (unpaired) electrons. The highest BCUT2D eigenvalue weighted by atomic mass is 15.1. The van der Waals surface area contributed by atoms with Gasteiger partial charge in [0.05, 0.1) is 0 Å². The Labute approximate surface area is 113 Å². The molecular formula is C17H29N. The van der Waals surface area contributed by atoms with E-state index >= 15 is 0 Å². The summed E-state index contributed by atoms with van der Waals surface area (Å²) in [6, 6.07) is 9.06. The monoisotopic (exact) mass is 247 g/mol. The number of hydrogen-bond acceptors (Lipinski definition) is 1. The van der Waals surface area contributed by atoms with Crippen molar-refractivity contribution >= 4 is 5.69 Å². The van der Waals surface area contributed by atoms with E-state index in [0.29, 0.717) is 0 Å². The van der Waals surface area contributed by atoms with Crippen LogP contribution in [-0.2, 0) is 6.42 Å². The Morgan fingerprint density at radius 3 is 2.06 bits per heavy atom. The summed E-state index contributed by atoms with van der Waals surface area (Å²) in [5.74, 6) is 0. The van der Waals surface area contributed by atoms with E-state index in [1.807, 2.05) is 0 Å². The fourth-order valence-corrected chi connectivity index (χ4v) is 2.21. The van der Waals surface area contributed by atoms with E-state index in [0.717, 1.165) is 6.54 Å². The van der Waals surface area contributed by atoms with Crippen molar-refractivity contribution in [2.45, 2.75) is 58.8 Å². The van der Waals surface area contributed by atoms with Gasteiger partial charge in [0.1, 0.15) is 0 Å². The number of unbranched alkanes of at least 4 members (excludes halogenated alkanes) is 5. The highest BCUT2D eigenvalue weighted by molar-refractivity contribution is 5.46. The molecule has 0 aliphatic rings. The molecule has 0 unspecified atom stereocenters. The molecule has 1 nitrogen and oxygen atoms in total. The first-order valence-electron chi connectivity index (χ1n) is 7.58. The topological polar surface area (TPSA) is 3.24 Å². The molecule has 0 saturated heterocycles. The molecule has 0 saturated carbocycles. The molecule has 0 spiro atoms. The van der Waals surface area contributed by atoms with E-state index in [2.05, 4.69) is 50.1 Å². The zero-order valence-electron chi connectivity index (χ0n) is 12.4. The van der Waals surface area contributed by atoms with Crippen LogP contribution in [0.4, 0.5) is 5.69 Å². The zero-order chi connectivity index (χ0) is 13.2. The third-order valence-electron chi connectivity index (χ3n) is 3.67. The van der Waals surface area contributed by atoms with Gasteiger partial charge in [-0.05, 0) is 37.5 Å². The van der Waals surface area contributed by atoms with Gasteiger partial charge in [0, 0.05) is 19.3 Å². The lowest BCUT2D eigenvalue weighted by atomic mass is 10.0. The summed E-state index contributed by atoms with van der Waals surface area (Å²) < 4.78 is 0. The van der Waals surface area contributed by atoms with Crippen molar-refractivity contribution in [1.82, 2.24) is 0 Å². The summed E-state index contributed by atoms with van der Waals surface area (Å²) in [4.78, 5) is 2.27. The maximum Gasteiger partial charge on any atom is 0.0363 e. The van der Waals surface area contributed by atoms with Gasteiger partial charge in [-0.1, -0.05) is 51.2 Å². The Morgan fingerprint density at radius 1 is 0.833 bits per heavy atom. The third kappa shape index (κ3) is 5.57. The minimum Gasteiger partial charge on any atom is -0.375 e. The normalized spacial score (nSPS) is 10.6. The van der Waals surface area contributed by atoms with Crippen LogP contribution in [0.5, 0.6) is 0 Å². The molecule has 0 amide bonds. The number of benzene rings is 1. The van der Waals surface area contributed by atoms with Gasteiger partial charge in [0.15, 0.2) is 0 Å². The van der Waals surface area contributed by atoms with E-state index in [1.54, 1.807) is 0 Å². The predicted octanol–water partition coefficient (Wildman–Crippen LogP) is 5.05. The van der Waals surface area contributed by atoms with Crippen LogP contribution in [0.25, 0.3) is 0 Å². The first kappa shape index (κ1) is 15.1. The Bertz CT molecular complexity index is 302. The smallest absolute Gasteiger partial charge is 0.0363 e. The molecule has 1 heteroatoms. The fourth-order valence-electron chi connectivity index (χ4n) is 2.21. The third-order valence-corrected chi connectivity index (χ3v) is 3.67. The summed E-state index contributed by atoms with van der Waals surface area (Å²) in [6.07, 6.45) is 9.53. The van der Waals surface area contributed by atoms with E-state index < -0.39 is 0 Å². The van der Waals surface area contributed by atoms with Crippen LogP contribution >= 0.6 is 0 Å². The number of rotatable bonds is 9. The summed E-state index contributed by atoms with van der Waals surface area (Å²) in [5, 5.41) is 0. The van der Waals surface area contributed by atoms with Crippen LogP contribution in [0.2, 0.25) is 0 Å². The van der Waals surface area contributed by atoms with Gasteiger partial charge in [-0.2, -0.15) is 0 Å². The molecule has 0 bridgehead atoms. The summed E-state index contributed by atoms with van der Waals surface area (Å²) in [5.41, 5.74) is 2.81. The second kappa shape index (κ2) is 9.02. The average Bonchev–Trinajstić information content (AvgIpc) is 2.42. The molecule has 0 aliphatic carbocycles. The molecule has 0 N–H and O–H groups in total. The summed E-state index contributed by atoms with van der Waals surface area (Å²) in [6.45, 7) is 5.52. The Kier molecular flexibility index (Phi) is 7.55. The SMILES string of the molecule is CCCCCCCCc1ccc(N(C)CC)cc1. The standard InChI is InChI=1S/C17H29N/c1-4-6-7-8-9-10-11-16-12-14-17(15-13-16)18(3)5-2/h12-15H,4-11H2,1-3H3. The van der Waals surface area contributed by atoms with Gasteiger partial charge in [-0.15, -0.1) is 0 Å². The van der Waals surface area contributed by atoms with Crippen LogP contribution in [0.1, 0.15) is 57.9 Å². The highest BCUT2D eigenvalue weighted by Gasteiger charge is 1.98. The molecule has 18 heavy (non-hydrogen) atoms. The molecule has 0 aliphatic heterocycles.